The summed E-state index contributed by atoms with van der Waals surface area (Å²) in [4.78, 5) is 44.1. The van der Waals surface area contributed by atoms with Crippen LogP contribution in [0.1, 0.15) is 48.6 Å². The smallest absolute Gasteiger partial charge is 0.308 e. The fourth-order valence-electron chi connectivity index (χ4n) is 6.02. The molecule has 2 heterocycles. The molecule has 0 spiro atoms. The molecule has 2 aliphatic rings. The number of hydrogen-bond donors (Lipinski definition) is 0. The number of thioether (sulfide) groups is 1. The lowest BCUT2D eigenvalue weighted by Crippen LogP contribution is -2.47. The van der Waals surface area contributed by atoms with Crippen molar-refractivity contribution in [3.8, 4) is 29.4 Å². The minimum Gasteiger partial charge on any atom is -0.426 e. The van der Waals surface area contributed by atoms with Gasteiger partial charge >= 0.3 is 5.97 Å². The van der Waals surface area contributed by atoms with Gasteiger partial charge in [-0.2, -0.15) is 0 Å². The highest BCUT2D eigenvalue weighted by Gasteiger charge is 2.18. The third-order valence-corrected chi connectivity index (χ3v) is 9.96. The molecule has 3 aromatic rings. The Bertz CT molecular complexity index is 1750. The SMILES string of the molecule is CC(=O)Oc1ccc(SCC=C(c2ccc(C#CCN3CCN(C(C)=O)CC3)cc2)c2ccc(C#CCN3CCN(C(C)=O)CC3)cc2)cc1C. The van der Waals surface area contributed by atoms with Crippen molar-refractivity contribution in [3.05, 3.63) is 101 Å². The van der Waals surface area contributed by atoms with Crippen molar-refractivity contribution in [2.24, 2.45) is 0 Å². The number of carbonyl (C=O) groups is 3. The van der Waals surface area contributed by atoms with Crippen LogP contribution in [0.3, 0.4) is 0 Å². The summed E-state index contributed by atoms with van der Waals surface area (Å²) in [6.45, 7) is 14.4. The van der Waals surface area contributed by atoms with E-state index in [4.69, 9.17) is 4.74 Å². The summed E-state index contributed by atoms with van der Waals surface area (Å²) in [5, 5.41) is 0. The van der Waals surface area contributed by atoms with E-state index in [1.807, 2.05) is 34.9 Å². The predicted octanol–water partition coefficient (Wildman–Crippen LogP) is 5.18. The van der Waals surface area contributed by atoms with Gasteiger partial charge in [0.15, 0.2) is 0 Å². The van der Waals surface area contributed by atoms with E-state index >= 15 is 0 Å². The maximum atomic E-state index is 11.6. The molecule has 0 aromatic heterocycles. The molecule has 51 heavy (non-hydrogen) atoms. The standard InChI is InChI=1S/C42H46N4O4S/c1-32-31-40(17-18-42(32)50-35(4)49)51-30-19-41(38-13-9-36(10-14-38)7-5-20-43-22-26-45(27-23-43)33(2)47)39-15-11-37(12-16-39)8-6-21-44-24-28-46(29-25-44)34(3)48/h9-19,31H,20-30H2,1-4H3. The number of ether oxygens (including phenoxy) is 1. The molecule has 9 heteroatoms. The number of nitrogens with zero attached hydrogens (tertiary/aromatic N) is 4. The van der Waals surface area contributed by atoms with E-state index in [1.165, 1.54) is 6.92 Å². The van der Waals surface area contributed by atoms with Gasteiger partial charge in [-0.1, -0.05) is 54.0 Å². The van der Waals surface area contributed by atoms with Crippen molar-refractivity contribution < 1.29 is 19.1 Å². The van der Waals surface area contributed by atoms with Crippen molar-refractivity contribution in [2.45, 2.75) is 32.6 Å². The van der Waals surface area contributed by atoms with Gasteiger partial charge < -0.3 is 14.5 Å². The number of piperazine rings is 2. The lowest BCUT2D eigenvalue weighted by Gasteiger charge is -2.32. The largest absolute Gasteiger partial charge is 0.426 e. The average Bonchev–Trinajstić information content (AvgIpc) is 3.12. The Morgan fingerprint density at radius 2 is 1.16 bits per heavy atom. The normalized spacial score (nSPS) is 14.8. The van der Waals surface area contributed by atoms with Crippen LogP contribution in [0.2, 0.25) is 0 Å². The van der Waals surface area contributed by atoms with E-state index in [2.05, 4.69) is 88.1 Å². The molecule has 0 aliphatic carbocycles. The molecule has 0 bridgehead atoms. The maximum absolute atomic E-state index is 11.6. The average molecular weight is 703 g/mol. The van der Waals surface area contributed by atoms with Crippen molar-refractivity contribution in [1.82, 2.24) is 19.6 Å². The summed E-state index contributed by atoms with van der Waals surface area (Å²) >= 11 is 1.72. The summed E-state index contributed by atoms with van der Waals surface area (Å²) in [5.74, 6) is 14.5. The van der Waals surface area contributed by atoms with Gasteiger partial charge in [0.25, 0.3) is 0 Å². The fourth-order valence-corrected chi connectivity index (χ4v) is 6.89. The Morgan fingerprint density at radius 3 is 1.57 bits per heavy atom. The molecule has 3 aromatic carbocycles. The number of hydrogen-bond acceptors (Lipinski definition) is 7. The lowest BCUT2D eigenvalue weighted by atomic mass is 9.96. The van der Waals surface area contributed by atoms with E-state index < -0.39 is 0 Å². The maximum Gasteiger partial charge on any atom is 0.308 e. The zero-order chi connectivity index (χ0) is 36.2. The van der Waals surface area contributed by atoms with Crippen LogP contribution in [-0.4, -0.2) is 109 Å². The van der Waals surface area contributed by atoms with E-state index in [0.717, 1.165) is 96.4 Å². The Kier molecular flexibility index (Phi) is 13.5. The first kappa shape index (κ1) is 37.5. The molecular weight excluding hydrogens is 657 g/mol. The molecule has 0 saturated carbocycles. The van der Waals surface area contributed by atoms with Gasteiger partial charge in [-0.05, 0) is 71.7 Å². The minimum atomic E-state index is -0.325. The van der Waals surface area contributed by atoms with Gasteiger partial charge in [0.1, 0.15) is 5.75 Å². The first-order chi connectivity index (χ1) is 24.6. The first-order valence-corrected chi connectivity index (χ1v) is 18.4. The second kappa shape index (κ2) is 18.4. The predicted molar refractivity (Wildman–Crippen MR) is 204 cm³/mol. The Morgan fingerprint density at radius 1 is 0.686 bits per heavy atom. The molecule has 2 aliphatic heterocycles. The zero-order valence-corrected chi connectivity index (χ0v) is 30.9. The number of benzene rings is 3. The van der Waals surface area contributed by atoms with Crippen LogP contribution in [0.15, 0.2) is 77.7 Å². The van der Waals surface area contributed by atoms with Crippen LogP contribution < -0.4 is 4.74 Å². The highest BCUT2D eigenvalue weighted by Crippen LogP contribution is 2.29. The zero-order valence-electron chi connectivity index (χ0n) is 30.0. The number of carbonyl (C=O) groups excluding carboxylic acids is 3. The first-order valence-electron chi connectivity index (χ1n) is 17.4. The number of esters is 1. The third-order valence-electron chi connectivity index (χ3n) is 9.04. The van der Waals surface area contributed by atoms with Gasteiger partial charge in [0, 0.05) is 94.9 Å². The summed E-state index contributed by atoms with van der Waals surface area (Å²) in [7, 11) is 0. The molecule has 2 amide bonds. The molecule has 0 unspecified atom stereocenters. The summed E-state index contributed by atoms with van der Waals surface area (Å²) in [6.07, 6.45) is 2.25. The second-order valence-electron chi connectivity index (χ2n) is 12.8. The van der Waals surface area contributed by atoms with Crippen LogP contribution in [0.5, 0.6) is 5.75 Å². The van der Waals surface area contributed by atoms with Gasteiger partial charge in [-0.15, -0.1) is 11.8 Å². The summed E-state index contributed by atoms with van der Waals surface area (Å²) < 4.78 is 5.30. The molecule has 8 nitrogen and oxygen atoms in total. The van der Waals surface area contributed by atoms with Gasteiger partial charge in [0.05, 0.1) is 13.1 Å². The second-order valence-corrected chi connectivity index (χ2v) is 13.9. The summed E-state index contributed by atoms with van der Waals surface area (Å²) in [5.41, 5.74) is 6.18. The van der Waals surface area contributed by atoms with Crippen molar-refractivity contribution in [2.75, 3.05) is 71.2 Å². The Hall–Kier alpha value is -4.80. The number of rotatable bonds is 8. The fraction of sp³-hybridized carbons (Fsp3) is 0.357. The topological polar surface area (TPSA) is 73.4 Å². The Labute approximate surface area is 306 Å². The molecule has 2 fully saturated rings. The van der Waals surface area contributed by atoms with E-state index in [9.17, 15) is 14.4 Å². The molecule has 0 atom stereocenters. The highest BCUT2D eigenvalue weighted by molar-refractivity contribution is 7.99. The lowest BCUT2D eigenvalue weighted by molar-refractivity contribution is -0.132. The molecule has 2 saturated heterocycles. The molecular formula is C42H46N4O4S. The highest BCUT2D eigenvalue weighted by atomic mass is 32.2. The molecule has 0 radical (unpaired) electrons. The van der Waals surface area contributed by atoms with Gasteiger partial charge in [0.2, 0.25) is 11.8 Å². The quantitative estimate of drug-likeness (QED) is 0.139. The van der Waals surface area contributed by atoms with E-state index in [-0.39, 0.29) is 17.8 Å². The summed E-state index contributed by atoms with van der Waals surface area (Å²) in [6, 6.07) is 22.7. The Balaban J connectivity index is 1.27. The van der Waals surface area contributed by atoms with Crippen LogP contribution in [0, 0.1) is 30.6 Å². The third kappa shape index (κ3) is 11.4. The molecule has 264 valence electrons. The van der Waals surface area contributed by atoms with Crippen LogP contribution in [0.4, 0.5) is 0 Å². The van der Waals surface area contributed by atoms with Crippen LogP contribution in [0.25, 0.3) is 5.57 Å². The van der Waals surface area contributed by atoms with Gasteiger partial charge in [-0.3, -0.25) is 24.2 Å². The van der Waals surface area contributed by atoms with Crippen LogP contribution in [-0.2, 0) is 14.4 Å². The number of aryl methyl sites for hydroxylation is 1. The van der Waals surface area contributed by atoms with Crippen molar-refractivity contribution in [3.63, 3.8) is 0 Å². The van der Waals surface area contributed by atoms with E-state index in [0.29, 0.717) is 18.8 Å². The van der Waals surface area contributed by atoms with Crippen molar-refractivity contribution >= 4 is 35.1 Å². The van der Waals surface area contributed by atoms with Crippen LogP contribution >= 0.6 is 11.8 Å². The monoisotopic (exact) mass is 702 g/mol. The van der Waals surface area contributed by atoms with Crippen molar-refractivity contribution in [1.29, 1.82) is 0 Å². The minimum absolute atomic E-state index is 0.135. The number of amides is 2. The van der Waals surface area contributed by atoms with E-state index in [1.54, 1.807) is 25.6 Å². The molecule has 0 N–H and O–H groups in total. The van der Waals surface area contributed by atoms with Gasteiger partial charge in [-0.25, -0.2) is 0 Å². The molecule has 5 rings (SSSR count).